The van der Waals surface area contributed by atoms with Gasteiger partial charge in [-0.05, 0) is 69.2 Å². The van der Waals surface area contributed by atoms with Crippen LogP contribution in [0.4, 0.5) is 10.1 Å². The number of carbonyl (C=O) groups excluding carboxylic acids is 2. The molecule has 3 aromatic carbocycles. The Balaban J connectivity index is 2.04. The molecule has 0 unspecified atom stereocenters. The number of likely N-dealkylation sites (N-methyl/N-ethyl adjacent to an activating group) is 1. The maximum Gasteiger partial charge on any atom is 0.264 e. The molecule has 0 aliphatic rings. The van der Waals surface area contributed by atoms with Crippen molar-refractivity contribution in [2.75, 3.05) is 17.4 Å². The van der Waals surface area contributed by atoms with E-state index in [2.05, 4.69) is 5.32 Å². The predicted octanol–water partition coefficient (Wildman–Crippen LogP) is 4.58. The summed E-state index contributed by atoms with van der Waals surface area (Å²) in [6, 6.07) is 18.0. The fourth-order valence-corrected chi connectivity index (χ4v) is 5.49. The molecule has 9 heteroatoms. The van der Waals surface area contributed by atoms with E-state index in [1.165, 1.54) is 17.0 Å². The summed E-state index contributed by atoms with van der Waals surface area (Å²) < 4.78 is 42.0. The molecule has 0 aliphatic carbocycles. The first-order valence-corrected chi connectivity index (χ1v) is 14.0. The minimum atomic E-state index is -4.24. The van der Waals surface area contributed by atoms with Gasteiger partial charge in [0.2, 0.25) is 11.8 Å². The number of aryl methyl sites for hydroxylation is 2. The summed E-state index contributed by atoms with van der Waals surface area (Å²) in [6.45, 7) is 7.42. The van der Waals surface area contributed by atoms with Gasteiger partial charge in [0.15, 0.2) is 0 Å². The third-order valence-corrected chi connectivity index (χ3v) is 8.00. The molecule has 0 heterocycles. The first-order valence-electron chi connectivity index (χ1n) is 12.5. The van der Waals surface area contributed by atoms with Crippen LogP contribution in [0.25, 0.3) is 0 Å². The number of nitrogens with zero attached hydrogens (tertiary/aromatic N) is 2. The minimum absolute atomic E-state index is 0.132. The van der Waals surface area contributed by atoms with Crippen LogP contribution in [0.5, 0.6) is 0 Å². The number of hydrogen-bond donors (Lipinski definition) is 1. The summed E-state index contributed by atoms with van der Waals surface area (Å²) in [5.74, 6) is -1.41. The topological polar surface area (TPSA) is 86.8 Å². The quantitative estimate of drug-likeness (QED) is 0.387. The van der Waals surface area contributed by atoms with E-state index in [0.717, 1.165) is 33.1 Å². The van der Waals surface area contributed by atoms with E-state index >= 15 is 0 Å². The predicted molar refractivity (Wildman–Crippen MR) is 147 cm³/mol. The number of sulfonamides is 1. The Bertz CT molecular complexity index is 1340. The third-order valence-electron chi connectivity index (χ3n) is 6.21. The summed E-state index contributed by atoms with van der Waals surface area (Å²) in [6.07, 6.45) is 0.346. The Hall–Kier alpha value is -3.72. The van der Waals surface area contributed by atoms with Gasteiger partial charge in [-0.25, -0.2) is 12.8 Å². The number of nitrogens with one attached hydrogen (secondary N) is 1. The Morgan fingerprint density at radius 3 is 1.95 bits per heavy atom. The van der Waals surface area contributed by atoms with Crippen LogP contribution in [0.15, 0.2) is 77.7 Å². The molecule has 0 fully saturated rings. The number of amides is 2. The highest BCUT2D eigenvalue weighted by atomic mass is 32.2. The van der Waals surface area contributed by atoms with Crippen LogP contribution >= 0.6 is 0 Å². The first kappa shape index (κ1) is 28.8. The zero-order chi connectivity index (χ0) is 27.9. The van der Waals surface area contributed by atoms with Crippen molar-refractivity contribution in [3.63, 3.8) is 0 Å². The summed E-state index contributed by atoms with van der Waals surface area (Å²) in [5, 5.41) is 2.78. The van der Waals surface area contributed by atoms with Gasteiger partial charge in [0, 0.05) is 13.1 Å². The van der Waals surface area contributed by atoms with Crippen molar-refractivity contribution in [2.24, 2.45) is 0 Å². The van der Waals surface area contributed by atoms with E-state index in [0.29, 0.717) is 13.0 Å². The average Bonchev–Trinajstić information content (AvgIpc) is 2.89. The number of halogens is 1. The smallest absolute Gasteiger partial charge is 0.264 e. The molecule has 3 aromatic rings. The van der Waals surface area contributed by atoms with Crippen LogP contribution in [0.2, 0.25) is 0 Å². The third kappa shape index (κ3) is 6.98. The molecular weight excluding hydrogens is 505 g/mol. The van der Waals surface area contributed by atoms with Gasteiger partial charge in [-0.1, -0.05) is 54.4 Å². The second kappa shape index (κ2) is 12.7. The van der Waals surface area contributed by atoms with Gasteiger partial charge in [0.05, 0.1) is 10.6 Å². The number of hydrogen-bond acceptors (Lipinski definition) is 4. The standard InChI is InChI=1S/C29H34FN3O4S/c1-5-27(29(35)31-6-2)32(19-23-11-7-21(3)8-12-23)28(34)20-33(25-15-9-22(4)10-16-25)38(36,37)26-17-13-24(30)14-18-26/h7-18,27H,5-6,19-20H2,1-4H3,(H,31,35)/t27-/m0/s1. The lowest BCUT2D eigenvalue weighted by atomic mass is 10.1. The van der Waals surface area contributed by atoms with Gasteiger partial charge in [-0.15, -0.1) is 0 Å². The SMILES string of the molecule is CCNC(=O)[C@H](CC)N(Cc1ccc(C)cc1)C(=O)CN(c1ccc(C)cc1)S(=O)(=O)c1ccc(F)cc1. The molecule has 1 atom stereocenters. The number of benzene rings is 3. The summed E-state index contributed by atoms with van der Waals surface area (Å²) in [7, 11) is -4.24. The Kier molecular flexibility index (Phi) is 9.63. The highest BCUT2D eigenvalue weighted by Gasteiger charge is 2.33. The fraction of sp³-hybridized carbons (Fsp3) is 0.310. The Morgan fingerprint density at radius 1 is 0.868 bits per heavy atom. The van der Waals surface area contributed by atoms with Crippen molar-refractivity contribution in [2.45, 2.75) is 51.6 Å². The lowest BCUT2D eigenvalue weighted by Crippen LogP contribution is -2.52. The monoisotopic (exact) mass is 539 g/mol. The Morgan fingerprint density at radius 2 is 1.42 bits per heavy atom. The molecule has 0 saturated carbocycles. The molecule has 0 aliphatic heterocycles. The van der Waals surface area contributed by atoms with Crippen molar-refractivity contribution in [3.8, 4) is 0 Å². The first-order chi connectivity index (χ1) is 18.1. The van der Waals surface area contributed by atoms with Gasteiger partial charge < -0.3 is 10.2 Å². The molecule has 1 N–H and O–H groups in total. The largest absolute Gasteiger partial charge is 0.355 e. The van der Waals surface area contributed by atoms with Crippen LogP contribution in [-0.4, -0.2) is 44.3 Å². The maximum atomic E-state index is 13.9. The van der Waals surface area contributed by atoms with Crippen LogP contribution in [0.3, 0.4) is 0 Å². The summed E-state index contributed by atoms with van der Waals surface area (Å²) >= 11 is 0. The fourth-order valence-electron chi connectivity index (χ4n) is 4.08. The van der Waals surface area contributed by atoms with E-state index in [9.17, 15) is 22.4 Å². The second-order valence-corrected chi connectivity index (χ2v) is 11.0. The summed E-state index contributed by atoms with van der Waals surface area (Å²) in [5.41, 5.74) is 3.07. The molecule has 202 valence electrons. The molecule has 3 rings (SSSR count). The van der Waals surface area contributed by atoms with Crippen LogP contribution < -0.4 is 9.62 Å². The molecule has 0 aromatic heterocycles. The molecule has 0 bridgehead atoms. The van der Waals surface area contributed by atoms with Crippen molar-refractivity contribution < 1.29 is 22.4 Å². The van der Waals surface area contributed by atoms with E-state index < -0.39 is 34.3 Å². The van der Waals surface area contributed by atoms with Gasteiger partial charge in [-0.3, -0.25) is 13.9 Å². The molecular formula is C29H34FN3O4S. The molecule has 0 saturated heterocycles. The molecule has 7 nitrogen and oxygen atoms in total. The van der Waals surface area contributed by atoms with Crippen molar-refractivity contribution >= 4 is 27.5 Å². The molecule has 0 spiro atoms. The van der Waals surface area contributed by atoms with Crippen molar-refractivity contribution in [1.29, 1.82) is 0 Å². The highest BCUT2D eigenvalue weighted by molar-refractivity contribution is 7.92. The van der Waals surface area contributed by atoms with Gasteiger partial charge in [0.1, 0.15) is 18.4 Å². The zero-order valence-corrected chi connectivity index (χ0v) is 23.0. The normalized spacial score (nSPS) is 12.0. The second-order valence-electron chi connectivity index (χ2n) is 9.13. The van der Waals surface area contributed by atoms with E-state index in [-0.39, 0.29) is 23.0 Å². The van der Waals surface area contributed by atoms with Crippen molar-refractivity contribution in [1.82, 2.24) is 10.2 Å². The zero-order valence-electron chi connectivity index (χ0n) is 22.1. The molecule has 2 amide bonds. The van der Waals surface area contributed by atoms with E-state index in [1.54, 1.807) is 31.2 Å². The lowest BCUT2D eigenvalue weighted by Gasteiger charge is -2.33. The van der Waals surface area contributed by atoms with Crippen molar-refractivity contribution in [3.05, 3.63) is 95.3 Å². The van der Waals surface area contributed by atoms with Gasteiger partial charge in [0.25, 0.3) is 10.0 Å². The van der Waals surface area contributed by atoms with Crippen LogP contribution in [-0.2, 0) is 26.2 Å². The highest BCUT2D eigenvalue weighted by Crippen LogP contribution is 2.25. The van der Waals surface area contributed by atoms with E-state index in [1.807, 2.05) is 45.0 Å². The van der Waals surface area contributed by atoms with Gasteiger partial charge >= 0.3 is 0 Å². The maximum absolute atomic E-state index is 13.9. The van der Waals surface area contributed by atoms with Crippen LogP contribution in [0, 0.1) is 19.7 Å². The summed E-state index contributed by atoms with van der Waals surface area (Å²) in [4.78, 5) is 28.1. The average molecular weight is 540 g/mol. The van der Waals surface area contributed by atoms with E-state index in [4.69, 9.17) is 0 Å². The molecule has 38 heavy (non-hydrogen) atoms. The Labute approximate surface area is 224 Å². The molecule has 0 radical (unpaired) electrons. The van der Waals surface area contributed by atoms with Crippen LogP contribution in [0.1, 0.15) is 37.0 Å². The number of anilines is 1. The number of carbonyl (C=O) groups is 2. The van der Waals surface area contributed by atoms with Gasteiger partial charge in [-0.2, -0.15) is 0 Å². The lowest BCUT2D eigenvalue weighted by molar-refractivity contribution is -0.140. The number of rotatable bonds is 11. The minimum Gasteiger partial charge on any atom is -0.355 e.